The Morgan fingerprint density at radius 2 is 1.80 bits per heavy atom. The lowest BCUT2D eigenvalue weighted by Crippen LogP contribution is -2.36. The molecular formula is C19H24F2N4O4S. The fourth-order valence-corrected chi connectivity index (χ4v) is 3.09. The molecule has 2 aromatic rings. The lowest BCUT2D eigenvalue weighted by Gasteiger charge is -2.17. The largest absolute Gasteiger partial charge is 0.490 e. The molecule has 30 heavy (non-hydrogen) atoms. The van der Waals surface area contributed by atoms with Crippen molar-refractivity contribution in [1.82, 2.24) is 10.6 Å². The molecule has 2 aromatic carbocycles. The van der Waals surface area contributed by atoms with E-state index in [1.807, 2.05) is 0 Å². The Balaban J connectivity index is 2.03. The number of alkyl halides is 2. The van der Waals surface area contributed by atoms with Crippen molar-refractivity contribution in [3.8, 4) is 11.5 Å². The Bertz CT molecular complexity index is 967. The maximum atomic E-state index is 12.8. The Kier molecular flexibility index (Phi) is 8.36. The highest BCUT2D eigenvalue weighted by molar-refractivity contribution is 7.89. The zero-order chi connectivity index (χ0) is 22.1. The van der Waals surface area contributed by atoms with Crippen LogP contribution in [-0.4, -0.2) is 34.6 Å². The maximum Gasteiger partial charge on any atom is 0.387 e. The number of halogens is 2. The molecule has 0 atom stereocenters. The number of benzene rings is 2. The first-order chi connectivity index (χ1) is 14.2. The van der Waals surface area contributed by atoms with Crippen molar-refractivity contribution in [2.45, 2.75) is 31.5 Å². The molecule has 0 saturated carbocycles. The van der Waals surface area contributed by atoms with Crippen LogP contribution in [0.4, 0.5) is 8.78 Å². The Morgan fingerprint density at radius 3 is 2.37 bits per heavy atom. The Labute approximate surface area is 174 Å². The predicted octanol–water partition coefficient (Wildman–Crippen LogP) is 2.20. The van der Waals surface area contributed by atoms with Gasteiger partial charge in [-0.2, -0.15) is 8.78 Å². The molecule has 0 saturated heterocycles. The van der Waals surface area contributed by atoms with Crippen molar-refractivity contribution in [2.24, 2.45) is 10.1 Å². The molecular weight excluding hydrogens is 418 g/mol. The van der Waals surface area contributed by atoms with Crippen LogP contribution in [0.1, 0.15) is 18.1 Å². The maximum absolute atomic E-state index is 12.8. The molecule has 2 rings (SSSR count). The minimum Gasteiger partial charge on any atom is -0.490 e. The number of para-hydroxylation sites is 1. The normalized spacial score (nSPS) is 12.0. The van der Waals surface area contributed by atoms with Gasteiger partial charge in [0.15, 0.2) is 17.5 Å². The zero-order valence-corrected chi connectivity index (χ0v) is 17.4. The molecule has 0 spiro atoms. The quantitative estimate of drug-likeness (QED) is 0.405. The Morgan fingerprint density at radius 1 is 1.13 bits per heavy atom. The van der Waals surface area contributed by atoms with E-state index in [1.54, 1.807) is 44.3 Å². The van der Waals surface area contributed by atoms with Gasteiger partial charge in [0.1, 0.15) is 0 Å². The topological polar surface area (TPSA) is 115 Å². The van der Waals surface area contributed by atoms with Gasteiger partial charge < -0.3 is 20.1 Å². The monoisotopic (exact) mass is 442 g/mol. The lowest BCUT2D eigenvalue weighted by molar-refractivity contribution is -0.0520. The van der Waals surface area contributed by atoms with Gasteiger partial charge in [-0.25, -0.2) is 13.6 Å². The molecule has 0 amide bonds. The number of aliphatic imine (C=N–C) groups is 1. The van der Waals surface area contributed by atoms with E-state index in [2.05, 4.69) is 20.4 Å². The van der Waals surface area contributed by atoms with Crippen LogP contribution in [0.15, 0.2) is 52.4 Å². The van der Waals surface area contributed by atoms with E-state index in [4.69, 9.17) is 9.88 Å². The zero-order valence-electron chi connectivity index (χ0n) is 16.6. The van der Waals surface area contributed by atoms with E-state index in [-0.39, 0.29) is 22.9 Å². The third-order valence-electron chi connectivity index (χ3n) is 3.95. The van der Waals surface area contributed by atoms with E-state index < -0.39 is 16.6 Å². The third kappa shape index (κ3) is 6.85. The van der Waals surface area contributed by atoms with Crippen LogP contribution >= 0.6 is 0 Å². The highest BCUT2D eigenvalue weighted by Crippen LogP contribution is 2.32. The summed E-state index contributed by atoms with van der Waals surface area (Å²) in [5.41, 5.74) is 1.27. The fraction of sp³-hybridized carbons (Fsp3) is 0.316. The summed E-state index contributed by atoms with van der Waals surface area (Å²) < 4.78 is 58.3. The average Bonchev–Trinajstić information content (AvgIpc) is 2.69. The standard InChI is InChI=1S/C19H24F2N4O4S/c1-3-28-16-6-4-5-14(17(16)29-18(20)21)12-25-19(23-2)24-11-13-7-9-15(10-8-13)30(22,26)27/h4-10,18H,3,11-12H2,1-2H3,(H2,22,26,27)(H2,23,24,25). The number of nitrogens with one attached hydrogen (secondary N) is 2. The number of guanidine groups is 1. The first-order valence-electron chi connectivity index (χ1n) is 9.00. The van der Waals surface area contributed by atoms with Gasteiger partial charge in [-0.1, -0.05) is 24.3 Å². The highest BCUT2D eigenvalue weighted by atomic mass is 32.2. The van der Waals surface area contributed by atoms with Crippen molar-refractivity contribution in [1.29, 1.82) is 0 Å². The molecule has 164 valence electrons. The number of ether oxygens (including phenoxy) is 2. The summed E-state index contributed by atoms with van der Waals surface area (Å²) in [6.07, 6.45) is 0. The lowest BCUT2D eigenvalue weighted by atomic mass is 10.2. The molecule has 0 unspecified atom stereocenters. The smallest absolute Gasteiger partial charge is 0.387 e. The van der Waals surface area contributed by atoms with Crippen molar-refractivity contribution >= 4 is 16.0 Å². The molecule has 11 heteroatoms. The van der Waals surface area contributed by atoms with Crippen LogP contribution in [-0.2, 0) is 23.1 Å². The first kappa shape index (κ1) is 23.4. The van der Waals surface area contributed by atoms with Gasteiger partial charge in [-0.3, -0.25) is 4.99 Å². The molecule has 4 N–H and O–H groups in total. The van der Waals surface area contributed by atoms with Gasteiger partial charge in [0.25, 0.3) is 0 Å². The summed E-state index contributed by atoms with van der Waals surface area (Å²) in [6, 6.07) is 11.0. The number of nitrogens with zero attached hydrogens (tertiary/aromatic N) is 1. The third-order valence-corrected chi connectivity index (χ3v) is 4.88. The second-order valence-corrected chi connectivity index (χ2v) is 7.59. The molecule has 0 aliphatic heterocycles. The number of sulfonamides is 1. The van der Waals surface area contributed by atoms with Crippen LogP contribution in [0.2, 0.25) is 0 Å². The second-order valence-electron chi connectivity index (χ2n) is 6.02. The van der Waals surface area contributed by atoms with E-state index >= 15 is 0 Å². The minimum absolute atomic E-state index is 0.0227. The highest BCUT2D eigenvalue weighted by Gasteiger charge is 2.16. The van der Waals surface area contributed by atoms with Gasteiger partial charge in [0.05, 0.1) is 11.5 Å². The summed E-state index contributed by atoms with van der Waals surface area (Å²) in [4.78, 5) is 4.11. The number of rotatable bonds is 9. The number of primary sulfonamides is 1. The van der Waals surface area contributed by atoms with Crippen molar-refractivity contribution < 1.29 is 26.7 Å². The molecule has 0 bridgehead atoms. The first-order valence-corrected chi connectivity index (χ1v) is 10.5. The second kappa shape index (κ2) is 10.7. The van der Waals surface area contributed by atoms with Gasteiger partial charge in [-0.05, 0) is 30.7 Å². The van der Waals surface area contributed by atoms with Gasteiger partial charge in [0, 0.05) is 25.7 Å². The van der Waals surface area contributed by atoms with Crippen molar-refractivity contribution in [3.05, 3.63) is 53.6 Å². The molecule has 0 aliphatic carbocycles. The van der Waals surface area contributed by atoms with Crippen LogP contribution in [0.5, 0.6) is 11.5 Å². The molecule has 8 nitrogen and oxygen atoms in total. The number of nitrogens with two attached hydrogens (primary N) is 1. The van der Waals surface area contributed by atoms with Crippen LogP contribution in [0, 0.1) is 0 Å². The summed E-state index contributed by atoms with van der Waals surface area (Å²) in [5.74, 6) is 0.612. The summed E-state index contributed by atoms with van der Waals surface area (Å²) in [7, 11) is -2.19. The van der Waals surface area contributed by atoms with E-state index in [1.165, 1.54) is 12.1 Å². The molecule has 0 aliphatic rings. The number of hydrogen-bond donors (Lipinski definition) is 3. The van der Waals surface area contributed by atoms with Gasteiger partial charge in [-0.15, -0.1) is 0 Å². The minimum atomic E-state index is -3.75. The van der Waals surface area contributed by atoms with Crippen molar-refractivity contribution in [3.63, 3.8) is 0 Å². The Hall–Kier alpha value is -2.92. The van der Waals surface area contributed by atoms with Gasteiger partial charge >= 0.3 is 6.61 Å². The molecule has 0 fully saturated rings. The van der Waals surface area contributed by atoms with Crippen LogP contribution in [0.3, 0.4) is 0 Å². The average molecular weight is 442 g/mol. The summed E-state index contributed by atoms with van der Waals surface area (Å²) >= 11 is 0. The van der Waals surface area contributed by atoms with E-state index in [0.29, 0.717) is 24.7 Å². The van der Waals surface area contributed by atoms with E-state index in [0.717, 1.165) is 5.56 Å². The molecule has 0 radical (unpaired) electrons. The SMILES string of the molecule is CCOc1cccc(CNC(=NC)NCc2ccc(S(N)(=O)=O)cc2)c1OC(F)F. The van der Waals surface area contributed by atoms with E-state index in [9.17, 15) is 17.2 Å². The molecule has 0 heterocycles. The predicted molar refractivity (Wildman–Crippen MR) is 109 cm³/mol. The molecule has 0 aromatic heterocycles. The van der Waals surface area contributed by atoms with Crippen LogP contribution in [0.25, 0.3) is 0 Å². The summed E-state index contributed by atoms with van der Waals surface area (Å²) in [5, 5.41) is 11.1. The fourth-order valence-electron chi connectivity index (χ4n) is 2.57. The van der Waals surface area contributed by atoms with Gasteiger partial charge in [0.2, 0.25) is 10.0 Å². The van der Waals surface area contributed by atoms with Crippen LogP contribution < -0.4 is 25.2 Å². The van der Waals surface area contributed by atoms with Crippen molar-refractivity contribution in [2.75, 3.05) is 13.7 Å². The number of hydrogen-bond acceptors (Lipinski definition) is 5. The summed E-state index contributed by atoms with van der Waals surface area (Å²) in [6.45, 7) is -0.415.